The third-order valence-electron chi connectivity index (χ3n) is 5.61. The largest absolute Gasteiger partial charge is 0.273 e. The van der Waals surface area contributed by atoms with Crippen LogP contribution in [0.25, 0.3) is 0 Å². The number of hydrogen-bond donors (Lipinski definition) is 0. The number of carbonyl (C=O) groups excluding carboxylic acids is 2. The van der Waals surface area contributed by atoms with Crippen LogP contribution in [0.1, 0.15) is 17.2 Å². The zero-order chi connectivity index (χ0) is 20.8. The van der Waals surface area contributed by atoms with Crippen LogP contribution in [-0.4, -0.2) is 17.9 Å². The van der Waals surface area contributed by atoms with Gasteiger partial charge in [0.25, 0.3) is 5.91 Å². The van der Waals surface area contributed by atoms with Crippen LogP contribution < -0.4 is 9.96 Å². The number of amides is 2. The maximum atomic E-state index is 14.0. The maximum Gasteiger partial charge on any atom is 0.266 e. The van der Waals surface area contributed by atoms with Gasteiger partial charge in [-0.3, -0.25) is 14.4 Å². The Bertz CT molecular complexity index is 1120. The number of imide groups is 1. The molecule has 150 valence electrons. The third-order valence-corrected chi connectivity index (χ3v) is 5.61. The van der Waals surface area contributed by atoms with Crippen molar-refractivity contribution >= 4 is 23.2 Å². The number of anilines is 2. The first-order valence-electron chi connectivity index (χ1n) is 9.75. The molecule has 2 saturated heterocycles. The van der Waals surface area contributed by atoms with Crippen molar-refractivity contribution in [2.45, 2.75) is 19.1 Å². The van der Waals surface area contributed by atoms with E-state index in [0.29, 0.717) is 16.9 Å². The molecule has 2 amide bonds. The van der Waals surface area contributed by atoms with E-state index in [9.17, 15) is 14.0 Å². The fraction of sp³-hybridized carbons (Fsp3) is 0.167. The first kappa shape index (κ1) is 18.5. The SMILES string of the molecule is Cc1ccc(N2C(=O)[C@@H]3[C@H](ON(c4ccccc4)[C@@H]3c3cccc(F)c3)C2=O)cc1. The summed E-state index contributed by atoms with van der Waals surface area (Å²) in [6.07, 6.45) is -0.965. The Morgan fingerprint density at radius 3 is 2.27 bits per heavy atom. The van der Waals surface area contributed by atoms with Crippen LogP contribution in [0.2, 0.25) is 0 Å². The molecule has 0 bridgehead atoms. The Kier molecular flexibility index (Phi) is 4.37. The molecule has 0 spiro atoms. The van der Waals surface area contributed by atoms with Gasteiger partial charge >= 0.3 is 0 Å². The van der Waals surface area contributed by atoms with Crippen LogP contribution in [0.15, 0.2) is 78.9 Å². The highest BCUT2D eigenvalue weighted by Gasteiger charge is 2.60. The third kappa shape index (κ3) is 2.88. The molecule has 5 rings (SSSR count). The second-order valence-corrected chi connectivity index (χ2v) is 7.56. The van der Waals surface area contributed by atoms with E-state index in [-0.39, 0.29) is 5.91 Å². The van der Waals surface area contributed by atoms with Gasteiger partial charge in [0.15, 0.2) is 6.10 Å². The summed E-state index contributed by atoms with van der Waals surface area (Å²) in [5.74, 6) is -1.94. The first-order chi connectivity index (χ1) is 14.5. The fourth-order valence-electron chi connectivity index (χ4n) is 4.19. The number of para-hydroxylation sites is 1. The molecule has 2 aliphatic rings. The minimum absolute atomic E-state index is 0.346. The van der Waals surface area contributed by atoms with Crippen molar-refractivity contribution in [2.24, 2.45) is 5.92 Å². The maximum absolute atomic E-state index is 14.0. The second-order valence-electron chi connectivity index (χ2n) is 7.56. The molecule has 3 aromatic carbocycles. The Morgan fingerprint density at radius 2 is 1.57 bits per heavy atom. The molecule has 0 unspecified atom stereocenters. The molecule has 0 aromatic heterocycles. The quantitative estimate of drug-likeness (QED) is 0.617. The van der Waals surface area contributed by atoms with Gasteiger partial charge < -0.3 is 0 Å². The summed E-state index contributed by atoms with van der Waals surface area (Å²) in [6, 6.07) is 21.9. The Labute approximate surface area is 173 Å². The van der Waals surface area contributed by atoms with Gasteiger partial charge in [0.2, 0.25) is 5.91 Å². The lowest BCUT2D eigenvalue weighted by Crippen LogP contribution is -2.37. The van der Waals surface area contributed by atoms with E-state index in [0.717, 1.165) is 5.56 Å². The molecule has 0 aliphatic carbocycles. The molecular formula is C24H19FN2O3. The summed E-state index contributed by atoms with van der Waals surface area (Å²) in [7, 11) is 0. The number of hydroxylamine groups is 1. The van der Waals surface area contributed by atoms with Gasteiger partial charge in [-0.15, -0.1) is 0 Å². The minimum atomic E-state index is -0.965. The summed E-state index contributed by atoms with van der Waals surface area (Å²) >= 11 is 0. The van der Waals surface area contributed by atoms with E-state index in [2.05, 4.69) is 0 Å². The van der Waals surface area contributed by atoms with Crippen molar-refractivity contribution in [1.29, 1.82) is 0 Å². The Balaban J connectivity index is 1.59. The van der Waals surface area contributed by atoms with Gasteiger partial charge in [-0.2, -0.15) is 0 Å². The van der Waals surface area contributed by atoms with Crippen molar-refractivity contribution in [3.63, 3.8) is 0 Å². The molecule has 2 heterocycles. The summed E-state index contributed by atoms with van der Waals surface area (Å²) < 4.78 is 14.0. The minimum Gasteiger partial charge on any atom is -0.273 e. The Hall–Kier alpha value is -3.51. The molecule has 2 aliphatic heterocycles. The van der Waals surface area contributed by atoms with E-state index < -0.39 is 29.8 Å². The van der Waals surface area contributed by atoms with Gasteiger partial charge in [-0.25, -0.2) is 14.4 Å². The smallest absolute Gasteiger partial charge is 0.266 e. The van der Waals surface area contributed by atoms with Crippen molar-refractivity contribution in [2.75, 3.05) is 9.96 Å². The second kappa shape index (κ2) is 7.07. The molecule has 5 nitrogen and oxygen atoms in total. The molecule has 30 heavy (non-hydrogen) atoms. The number of halogens is 1. The normalized spacial score (nSPS) is 23.2. The number of hydrogen-bond acceptors (Lipinski definition) is 4. The zero-order valence-electron chi connectivity index (χ0n) is 16.2. The van der Waals surface area contributed by atoms with Gasteiger partial charge in [0.1, 0.15) is 11.7 Å². The number of fused-ring (bicyclic) bond motifs is 1. The highest BCUT2D eigenvalue weighted by atomic mass is 19.1. The topological polar surface area (TPSA) is 49.9 Å². The van der Waals surface area contributed by atoms with Crippen molar-refractivity contribution in [1.82, 2.24) is 0 Å². The predicted molar refractivity (Wildman–Crippen MR) is 110 cm³/mol. The fourth-order valence-corrected chi connectivity index (χ4v) is 4.19. The summed E-state index contributed by atoms with van der Waals surface area (Å²) in [5.41, 5.74) is 2.82. The van der Waals surface area contributed by atoms with E-state index in [1.807, 2.05) is 49.4 Å². The summed E-state index contributed by atoms with van der Waals surface area (Å²) in [5, 5.41) is 1.56. The highest BCUT2D eigenvalue weighted by molar-refractivity contribution is 6.23. The lowest BCUT2D eigenvalue weighted by Gasteiger charge is -2.28. The zero-order valence-corrected chi connectivity index (χ0v) is 16.2. The summed E-state index contributed by atoms with van der Waals surface area (Å²) in [4.78, 5) is 33.8. The Morgan fingerprint density at radius 1 is 0.833 bits per heavy atom. The average Bonchev–Trinajstić information content (AvgIpc) is 3.26. The van der Waals surface area contributed by atoms with Crippen LogP contribution in [0.4, 0.5) is 15.8 Å². The highest BCUT2D eigenvalue weighted by Crippen LogP contribution is 2.47. The lowest BCUT2D eigenvalue weighted by atomic mass is 9.90. The van der Waals surface area contributed by atoms with Crippen molar-refractivity contribution in [3.05, 3.63) is 95.8 Å². The number of carbonyl (C=O) groups is 2. The molecule has 0 saturated carbocycles. The van der Waals surface area contributed by atoms with Gasteiger partial charge in [0.05, 0.1) is 17.4 Å². The molecule has 0 radical (unpaired) electrons. The molecule has 2 fully saturated rings. The average molecular weight is 402 g/mol. The van der Waals surface area contributed by atoms with Crippen molar-refractivity contribution < 1.29 is 18.8 Å². The molecule has 3 atom stereocenters. The standard InChI is InChI=1S/C24H19FN2O3/c1-15-10-12-18(13-11-15)26-23(28)20-21(16-6-5-7-17(25)14-16)27(30-22(20)24(26)29)19-8-3-2-4-9-19/h2-14,20-22H,1H3/t20-,21+,22-/m0/s1. The first-order valence-corrected chi connectivity index (χ1v) is 9.75. The van der Waals surface area contributed by atoms with Crippen LogP contribution in [0.5, 0.6) is 0 Å². The van der Waals surface area contributed by atoms with Gasteiger partial charge in [-0.1, -0.05) is 48.0 Å². The van der Waals surface area contributed by atoms with Gasteiger partial charge in [-0.05, 0) is 48.9 Å². The van der Waals surface area contributed by atoms with E-state index >= 15 is 0 Å². The molecule has 3 aromatic rings. The molecule has 6 heteroatoms. The van der Waals surface area contributed by atoms with Crippen molar-refractivity contribution in [3.8, 4) is 0 Å². The molecular weight excluding hydrogens is 383 g/mol. The predicted octanol–water partition coefficient (Wildman–Crippen LogP) is 4.19. The van der Waals surface area contributed by atoms with E-state index in [1.165, 1.54) is 17.0 Å². The van der Waals surface area contributed by atoms with Crippen LogP contribution >= 0.6 is 0 Å². The van der Waals surface area contributed by atoms with E-state index in [4.69, 9.17) is 4.84 Å². The number of nitrogens with zero attached hydrogens (tertiary/aromatic N) is 2. The van der Waals surface area contributed by atoms with Gasteiger partial charge in [0, 0.05) is 0 Å². The van der Waals surface area contributed by atoms with Crippen LogP contribution in [-0.2, 0) is 14.4 Å². The monoisotopic (exact) mass is 402 g/mol. The number of rotatable bonds is 3. The molecule has 0 N–H and O–H groups in total. The number of benzene rings is 3. The van der Waals surface area contributed by atoms with E-state index in [1.54, 1.807) is 29.3 Å². The van der Waals surface area contributed by atoms with Crippen LogP contribution in [0, 0.1) is 18.7 Å². The number of aryl methyl sites for hydroxylation is 1. The van der Waals surface area contributed by atoms with Crippen LogP contribution in [0.3, 0.4) is 0 Å². The lowest BCUT2D eigenvalue weighted by molar-refractivity contribution is -0.126. The summed E-state index contributed by atoms with van der Waals surface area (Å²) in [6.45, 7) is 1.94.